The number of carbonyl (C=O) groups excluding carboxylic acids is 3. The molecule has 0 radical (unpaired) electrons. The maximum Gasteiger partial charge on any atom is 0.194 e. The third kappa shape index (κ3) is 12.1. The number of unbranched alkanes of at least 4 members (excludes halogenated alkanes) is 1. The summed E-state index contributed by atoms with van der Waals surface area (Å²) in [5.41, 5.74) is 0.979. The van der Waals surface area contributed by atoms with Crippen molar-refractivity contribution in [3.05, 3.63) is 12.2 Å². The van der Waals surface area contributed by atoms with E-state index < -0.39 is 0 Å². The van der Waals surface area contributed by atoms with Crippen molar-refractivity contribution in [3.63, 3.8) is 0 Å². The van der Waals surface area contributed by atoms with E-state index in [0.29, 0.717) is 29.3 Å². The molecule has 1 aliphatic rings. The first kappa shape index (κ1) is 30.5. The molecule has 0 saturated heterocycles. The first-order chi connectivity index (χ1) is 15.3. The molecule has 1 atom stereocenters. The van der Waals surface area contributed by atoms with Crippen molar-refractivity contribution >= 4 is 40.2 Å². The second-order valence-electron chi connectivity index (χ2n) is 11.5. The van der Waals surface area contributed by atoms with Gasteiger partial charge in [-0.2, -0.15) is 11.8 Å². The zero-order valence-corrected chi connectivity index (χ0v) is 23.9. The summed E-state index contributed by atoms with van der Waals surface area (Å²) in [5.74, 6) is 1.59. The lowest BCUT2D eigenvalue weighted by Crippen LogP contribution is -2.32. The van der Waals surface area contributed by atoms with Crippen molar-refractivity contribution in [3.8, 4) is 0 Å². The lowest BCUT2D eigenvalue weighted by atomic mass is 9.77. The molecule has 0 aliphatic heterocycles. The maximum atomic E-state index is 12.3. The van der Waals surface area contributed by atoms with Gasteiger partial charge < -0.3 is 0 Å². The Labute approximate surface area is 212 Å². The predicted octanol–water partition coefficient (Wildman–Crippen LogP) is 8.05. The Kier molecular flexibility index (Phi) is 13.0. The minimum Gasteiger partial charge on any atom is -0.300 e. The Hall–Kier alpha value is -0.550. The fourth-order valence-corrected chi connectivity index (χ4v) is 8.03. The molecule has 33 heavy (non-hydrogen) atoms. The molecule has 1 unspecified atom stereocenters. The topological polar surface area (TPSA) is 51.2 Å². The van der Waals surface area contributed by atoms with E-state index in [1.807, 2.05) is 31.9 Å². The van der Waals surface area contributed by atoms with E-state index in [9.17, 15) is 14.4 Å². The smallest absolute Gasteiger partial charge is 0.194 e. The molecular formula is C28H48O3S2. The highest BCUT2D eigenvalue weighted by Gasteiger charge is 2.36. The summed E-state index contributed by atoms with van der Waals surface area (Å²) in [6, 6.07) is 0. The Balaban J connectivity index is 2.46. The molecule has 190 valence electrons. The Morgan fingerprint density at radius 1 is 1.00 bits per heavy atom. The molecule has 0 bridgehead atoms. The first-order valence-corrected chi connectivity index (χ1v) is 14.8. The molecule has 5 heteroatoms. The number of hydrogen-bond donors (Lipinski definition) is 0. The average Bonchev–Trinajstić information content (AvgIpc) is 2.69. The summed E-state index contributed by atoms with van der Waals surface area (Å²) in [7, 11) is 0. The Bertz CT molecular complexity index is 673. The summed E-state index contributed by atoms with van der Waals surface area (Å²) in [6.07, 6.45) is 13.1. The van der Waals surface area contributed by atoms with Crippen molar-refractivity contribution in [1.29, 1.82) is 0 Å². The molecule has 1 fully saturated rings. The highest BCUT2D eigenvalue weighted by atomic mass is 32.2. The standard InChI is InChI=1S/C28H48O3S2/c1-20(17-23-13-15-24(16-14-23)22(3)30)11-9-10-12-25(18-21(2)29)33-28(6,7)19-27(4,5)26(31)32-8/h23-25H,1,9-19H2,2-8H3. The molecular weight excluding hydrogens is 448 g/mol. The van der Waals surface area contributed by atoms with Gasteiger partial charge in [-0.05, 0) is 83.8 Å². The van der Waals surface area contributed by atoms with Crippen molar-refractivity contribution in [1.82, 2.24) is 0 Å². The van der Waals surface area contributed by atoms with Crippen molar-refractivity contribution in [2.45, 2.75) is 122 Å². The van der Waals surface area contributed by atoms with Crippen LogP contribution in [0.4, 0.5) is 0 Å². The van der Waals surface area contributed by atoms with Gasteiger partial charge in [0.2, 0.25) is 0 Å². The van der Waals surface area contributed by atoms with Crippen LogP contribution in [0.3, 0.4) is 0 Å². The van der Waals surface area contributed by atoms with Crippen molar-refractivity contribution in [2.75, 3.05) is 6.26 Å². The molecule has 0 amide bonds. The summed E-state index contributed by atoms with van der Waals surface area (Å²) in [6.45, 7) is 16.2. The van der Waals surface area contributed by atoms with Crippen molar-refractivity contribution in [2.24, 2.45) is 17.3 Å². The highest BCUT2D eigenvalue weighted by molar-refractivity contribution is 8.13. The zero-order chi connectivity index (χ0) is 25.2. The third-order valence-electron chi connectivity index (χ3n) is 6.91. The number of rotatable bonds is 15. The molecule has 0 aromatic rings. The fraction of sp³-hybridized carbons (Fsp3) is 0.821. The van der Waals surface area contributed by atoms with Crippen LogP contribution in [0.1, 0.15) is 112 Å². The number of hydrogen-bond acceptors (Lipinski definition) is 5. The summed E-state index contributed by atoms with van der Waals surface area (Å²) < 4.78 is -0.0582. The number of ketones is 2. The Morgan fingerprint density at radius 2 is 1.61 bits per heavy atom. The SMILES string of the molecule is C=C(CCCCC(CC(C)=O)SC(C)(C)CC(C)(C)C(=O)SC)CC1CCC(C(C)=O)CC1. The molecule has 1 saturated carbocycles. The molecule has 3 nitrogen and oxygen atoms in total. The van der Waals surface area contributed by atoms with Gasteiger partial charge in [0.25, 0.3) is 0 Å². The maximum absolute atomic E-state index is 12.3. The molecule has 0 N–H and O–H groups in total. The van der Waals surface area contributed by atoms with Crippen LogP contribution < -0.4 is 0 Å². The largest absolute Gasteiger partial charge is 0.300 e. The monoisotopic (exact) mass is 496 g/mol. The van der Waals surface area contributed by atoms with Gasteiger partial charge >= 0.3 is 0 Å². The van der Waals surface area contributed by atoms with Gasteiger partial charge in [0.15, 0.2) is 5.12 Å². The normalized spacial score (nSPS) is 20.3. The lowest BCUT2D eigenvalue weighted by molar-refractivity contribution is -0.122. The lowest BCUT2D eigenvalue weighted by Gasteiger charge is -2.35. The van der Waals surface area contributed by atoms with Gasteiger partial charge in [-0.25, -0.2) is 0 Å². The van der Waals surface area contributed by atoms with Gasteiger partial charge in [0, 0.05) is 27.8 Å². The predicted molar refractivity (Wildman–Crippen MR) is 146 cm³/mol. The van der Waals surface area contributed by atoms with Gasteiger partial charge in [0.05, 0.1) is 0 Å². The van der Waals surface area contributed by atoms with E-state index in [2.05, 4.69) is 20.4 Å². The van der Waals surface area contributed by atoms with E-state index in [4.69, 9.17) is 0 Å². The number of thioether (sulfide) groups is 2. The summed E-state index contributed by atoms with van der Waals surface area (Å²) >= 11 is 3.20. The number of carbonyl (C=O) groups is 3. The second-order valence-corrected chi connectivity index (χ2v) is 14.3. The third-order valence-corrected chi connectivity index (χ3v) is 9.35. The fourth-order valence-electron chi connectivity index (χ4n) is 5.46. The van der Waals surface area contributed by atoms with Crippen LogP contribution >= 0.6 is 23.5 Å². The molecule has 1 rings (SSSR count). The van der Waals surface area contributed by atoms with E-state index in [0.717, 1.165) is 64.2 Å². The average molecular weight is 497 g/mol. The van der Waals surface area contributed by atoms with Gasteiger partial charge in [0.1, 0.15) is 11.6 Å². The van der Waals surface area contributed by atoms with E-state index in [1.165, 1.54) is 17.3 Å². The first-order valence-electron chi connectivity index (χ1n) is 12.7. The van der Waals surface area contributed by atoms with Crippen LogP contribution in [-0.2, 0) is 14.4 Å². The molecule has 0 aromatic heterocycles. The number of Topliss-reactive ketones (excluding diaryl/α,β-unsaturated/α-hetero) is 2. The van der Waals surface area contributed by atoms with Gasteiger partial charge in [-0.3, -0.25) is 14.4 Å². The van der Waals surface area contributed by atoms with Crippen LogP contribution in [0.2, 0.25) is 0 Å². The van der Waals surface area contributed by atoms with Crippen molar-refractivity contribution < 1.29 is 14.4 Å². The summed E-state index contributed by atoms with van der Waals surface area (Å²) in [5, 5.41) is 0.528. The van der Waals surface area contributed by atoms with Crippen LogP contribution in [0.15, 0.2) is 12.2 Å². The molecule has 1 aliphatic carbocycles. The zero-order valence-electron chi connectivity index (χ0n) is 22.3. The molecule has 0 heterocycles. The van der Waals surface area contributed by atoms with Crippen LogP contribution in [0.25, 0.3) is 0 Å². The van der Waals surface area contributed by atoms with Crippen LogP contribution in [0.5, 0.6) is 0 Å². The van der Waals surface area contributed by atoms with E-state index >= 15 is 0 Å². The molecule has 0 spiro atoms. The molecule has 0 aromatic carbocycles. The quantitative estimate of drug-likeness (QED) is 0.169. The Morgan fingerprint density at radius 3 is 2.12 bits per heavy atom. The van der Waals surface area contributed by atoms with Crippen LogP contribution in [-0.4, -0.2) is 32.9 Å². The van der Waals surface area contributed by atoms with E-state index in [-0.39, 0.29) is 21.1 Å². The van der Waals surface area contributed by atoms with Gasteiger partial charge in [-0.1, -0.05) is 58.0 Å². The highest BCUT2D eigenvalue weighted by Crippen LogP contribution is 2.43. The minimum atomic E-state index is -0.363. The summed E-state index contributed by atoms with van der Waals surface area (Å²) in [4.78, 5) is 35.8. The van der Waals surface area contributed by atoms with Gasteiger partial charge in [-0.15, -0.1) is 0 Å². The second kappa shape index (κ2) is 14.1. The minimum absolute atomic E-state index is 0.0582. The van der Waals surface area contributed by atoms with E-state index in [1.54, 1.807) is 13.8 Å². The van der Waals surface area contributed by atoms with Crippen LogP contribution in [0, 0.1) is 17.3 Å². The number of allylic oxidation sites excluding steroid dienone is 1.